The summed E-state index contributed by atoms with van der Waals surface area (Å²) >= 11 is 2.32. The van der Waals surface area contributed by atoms with E-state index in [4.69, 9.17) is 4.74 Å². The molecule has 166 valence electrons. The largest absolute Gasteiger partial charge is 0.481 e. The maximum Gasteiger partial charge on any atom is 0.307 e. The second-order valence-electron chi connectivity index (χ2n) is 10.7. The van der Waals surface area contributed by atoms with Crippen LogP contribution in [0, 0.1) is 34.5 Å². The standard InChI is InChI=1S/C23H32INO5/c1-14(27)30-22(24)11-10-20(2)15(12-22)4-5-17-16(20)6-8-21(3)18(19(28)29)7-9-23(17,21)25-13-26/h15-18H,4-12H2,1-3H3,(H,28,29)/t15-,16+,17-,18-,20+,21-,22+,23+/m1/s1. The van der Waals surface area contributed by atoms with Crippen molar-refractivity contribution < 1.29 is 24.2 Å². The molecule has 4 rings (SSSR count). The Kier molecular flexibility index (Phi) is 5.41. The Morgan fingerprint density at radius 1 is 1.07 bits per heavy atom. The first-order valence-electron chi connectivity index (χ1n) is 11.2. The summed E-state index contributed by atoms with van der Waals surface area (Å²) in [6, 6.07) is 0. The molecule has 4 saturated carbocycles. The van der Waals surface area contributed by atoms with Crippen LogP contribution < -0.4 is 0 Å². The van der Waals surface area contributed by atoms with Gasteiger partial charge in [0.15, 0.2) is 3.61 Å². The lowest BCUT2D eigenvalue weighted by Gasteiger charge is -2.64. The van der Waals surface area contributed by atoms with Gasteiger partial charge in [0.25, 0.3) is 0 Å². The van der Waals surface area contributed by atoms with Gasteiger partial charge in [-0.2, -0.15) is 4.99 Å². The van der Waals surface area contributed by atoms with Crippen molar-refractivity contribution in [2.45, 2.75) is 87.7 Å². The molecule has 1 N–H and O–H groups in total. The number of halogens is 1. The average Bonchev–Trinajstić information content (AvgIpc) is 2.95. The molecular formula is C23H32INO5. The highest BCUT2D eigenvalue weighted by Gasteiger charge is 2.69. The first kappa shape index (κ1) is 22.3. The zero-order valence-electron chi connectivity index (χ0n) is 18.1. The van der Waals surface area contributed by atoms with Gasteiger partial charge in [0, 0.05) is 12.3 Å². The molecule has 6 nitrogen and oxygen atoms in total. The van der Waals surface area contributed by atoms with Gasteiger partial charge in [-0.25, -0.2) is 4.79 Å². The maximum absolute atomic E-state index is 12.0. The molecule has 30 heavy (non-hydrogen) atoms. The second kappa shape index (κ2) is 7.29. The quantitative estimate of drug-likeness (QED) is 0.185. The predicted octanol–water partition coefficient (Wildman–Crippen LogP) is 4.88. The minimum absolute atomic E-state index is 0.103. The van der Waals surface area contributed by atoms with Crippen molar-refractivity contribution in [2.24, 2.45) is 39.5 Å². The smallest absolute Gasteiger partial charge is 0.307 e. The number of fused-ring (bicyclic) bond motifs is 5. The number of hydrogen-bond acceptors (Lipinski definition) is 5. The lowest BCUT2D eigenvalue weighted by Crippen LogP contribution is -2.62. The van der Waals surface area contributed by atoms with Crippen LogP contribution in [0.3, 0.4) is 0 Å². The maximum atomic E-state index is 12.0. The highest BCUT2D eigenvalue weighted by atomic mass is 127. The Morgan fingerprint density at radius 2 is 1.80 bits per heavy atom. The van der Waals surface area contributed by atoms with Crippen molar-refractivity contribution in [3.05, 3.63) is 0 Å². The number of rotatable bonds is 3. The summed E-state index contributed by atoms with van der Waals surface area (Å²) < 4.78 is 5.28. The molecule has 0 saturated heterocycles. The number of esters is 1. The molecule has 8 atom stereocenters. The number of carboxylic acids is 1. The number of carbonyl (C=O) groups is 2. The summed E-state index contributed by atoms with van der Waals surface area (Å²) in [7, 11) is 0. The number of alkyl halides is 1. The van der Waals surface area contributed by atoms with Gasteiger partial charge < -0.3 is 9.84 Å². The number of aliphatic imine (C=N–C) groups is 1. The third-order valence-electron chi connectivity index (χ3n) is 9.71. The zero-order chi connectivity index (χ0) is 21.9. The van der Waals surface area contributed by atoms with Crippen LogP contribution in [0.4, 0.5) is 0 Å². The highest BCUT2D eigenvalue weighted by Crippen LogP contribution is 2.71. The average molecular weight is 529 g/mol. The summed E-state index contributed by atoms with van der Waals surface area (Å²) in [5.41, 5.74) is -0.991. The first-order valence-corrected chi connectivity index (χ1v) is 12.3. The van der Waals surface area contributed by atoms with E-state index in [-0.39, 0.29) is 17.3 Å². The van der Waals surface area contributed by atoms with E-state index in [0.29, 0.717) is 24.7 Å². The normalized spacial score (nSPS) is 49.7. The SMILES string of the molecule is CC(=O)O[C@@]1(I)CC[C@@]2(C)[C@H](CC[C@@H]3[C@@H]2CC[C@]2(C)[C@@H](C(=O)O)CC[C@]32N=C=O)C1. The van der Waals surface area contributed by atoms with Crippen LogP contribution in [0.2, 0.25) is 0 Å². The van der Waals surface area contributed by atoms with Crippen LogP contribution in [0.15, 0.2) is 4.99 Å². The highest BCUT2D eigenvalue weighted by molar-refractivity contribution is 14.1. The van der Waals surface area contributed by atoms with Crippen LogP contribution in [-0.4, -0.2) is 32.3 Å². The van der Waals surface area contributed by atoms with Crippen molar-refractivity contribution in [1.82, 2.24) is 0 Å². The topological polar surface area (TPSA) is 93.0 Å². The number of carbonyl (C=O) groups excluding carboxylic acids is 2. The number of ether oxygens (including phenoxy) is 1. The monoisotopic (exact) mass is 529 g/mol. The summed E-state index contributed by atoms with van der Waals surface area (Å²) in [5.74, 6) is -0.334. The second-order valence-corrected chi connectivity index (χ2v) is 12.7. The molecule has 0 unspecified atom stereocenters. The van der Waals surface area contributed by atoms with Gasteiger partial charge in [0.2, 0.25) is 6.08 Å². The molecule has 0 radical (unpaired) electrons. The van der Waals surface area contributed by atoms with Crippen LogP contribution in [-0.2, 0) is 19.1 Å². The number of hydrogen-bond donors (Lipinski definition) is 1. The number of nitrogens with zero attached hydrogens (tertiary/aromatic N) is 1. The molecule has 0 aliphatic heterocycles. The predicted molar refractivity (Wildman–Crippen MR) is 119 cm³/mol. The fraction of sp³-hybridized carbons (Fsp3) is 0.870. The van der Waals surface area contributed by atoms with Gasteiger partial charge in [0.1, 0.15) is 0 Å². The summed E-state index contributed by atoms with van der Waals surface area (Å²) in [6.07, 6.45) is 9.53. The van der Waals surface area contributed by atoms with Crippen molar-refractivity contribution in [2.75, 3.05) is 0 Å². The Bertz CT molecular complexity index is 811. The summed E-state index contributed by atoms with van der Waals surface area (Å²) in [6.45, 7) is 5.91. The van der Waals surface area contributed by atoms with E-state index in [0.717, 1.165) is 44.9 Å². The van der Waals surface area contributed by atoms with E-state index in [2.05, 4.69) is 41.4 Å². The summed E-state index contributed by atoms with van der Waals surface area (Å²) in [5, 5.41) is 9.88. The van der Waals surface area contributed by atoms with Gasteiger partial charge in [-0.05, 0) is 104 Å². The molecule has 4 aliphatic rings. The lowest BCUT2D eigenvalue weighted by atomic mass is 9.42. The fourth-order valence-electron chi connectivity index (χ4n) is 8.25. The van der Waals surface area contributed by atoms with Gasteiger partial charge in [0.05, 0.1) is 11.5 Å². The van der Waals surface area contributed by atoms with Gasteiger partial charge >= 0.3 is 11.9 Å². The fourth-order valence-corrected chi connectivity index (χ4v) is 9.36. The molecule has 7 heteroatoms. The third-order valence-corrected chi connectivity index (χ3v) is 10.9. The lowest BCUT2D eigenvalue weighted by molar-refractivity contribution is -0.168. The number of carboxylic acid groups (broad SMARTS) is 1. The van der Waals surface area contributed by atoms with E-state index >= 15 is 0 Å². The van der Waals surface area contributed by atoms with Gasteiger partial charge in [-0.3, -0.25) is 9.59 Å². The number of isocyanates is 1. The van der Waals surface area contributed by atoms with E-state index in [9.17, 15) is 19.5 Å². The molecule has 0 heterocycles. The van der Waals surface area contributed by atoms with E-state index in [1.54, 1.807) is 0 Å². The molecule has 0 aromatic carbocycles. The van der Waals surface area contributed by atoms with Crippen LogP contribution >= 0.6 is 22.6 Å². The minimum Gasteiger partial charge on any atom is -0.481 e. The van der Waals surface area contributed by atoms with Crippen molar-refractivity contribution in [3.63, 3.8) is 0 Å². The molecule has 0 spiro atoms. The molecular weight excluding hydrogens is 497 g/mol. The van der Waals surface area contributed by atoms with Crippen LogP contribution in [0.25, 0.3) is 0 Å². The number of aliphatic carboxylic acids is 1. The van der Waals surface area contributed by atoms with Crippen LogP contribution in [0.1, 0.15) is 78.6 Å². The van der Waals surface area contributed by atoms with E-state index in [1.165, 1.54) is 6.92 Å². The van der Waals surface area contributed by atoms with E-state index < -0.39 is 26.4 Å². The minimum atomic E-state index is -0.757. The van der Waals surface area contributed by atoms with Crippen molar-refractivity contribution >= 4 is 40.6 Å². The Labute approximate surface area is 191 Å². The summed E-state index contributed by atoms with van der Waals surface area (Å²) in [4.78, 5) is 39.7. The molecule has 4 fully saturated rings. The van der Waals surface area contributed by atoms with Crippen LogP contribution in [0.5, 0.6) is 0 Å². The first-order chi connectivity index (χ1) is 14.0. The van der Waals surface area contributed by atoms with Gasteiger partial charge in [-0.1, -0.05) is 13.8 Å². The Balaban J connectivity index is 1.68. The van der Waals surface area contributed by atoms with E-state index in [1.807, 2.05) is 6.08 Å². The molecule has 0 aromatic heterocycles. The molecule has 0 bridgehead atoms. The van der Waals surface area contributed by atoms with Crippen molar-refractivity contribution in [3.8, 4) is 0 Å². The molecule has 0 amide bonds. The Hall–Kier alpha value is -0.950. The Morgan fingerprint density at radius 3 is 2.43 bits per heavy atom. The van der Waals surface area contributed by atoms with Gasteiger partial charge in [-0.15, -0.1) is 0 Å². The van der Waals surface area contributed by atoms with Crippen molar-refractivity contribution in [1.29, 1.82) is 0 Å². The third kappa shape index (κ3) is 3.01. The molecule has 0 aromatic rings. The zero-order valence-corrected chi connectivity index (χ0v) is 20.2. The molecule has 4 aliphatic carbocycles.